The summed E-state index contributed by atoms with van der Waals surface area (Å²) in [6.45, 7) is 5.86. The SMILES string of the molecule is CCC(=O)NC1C(=O)N2C(c3nn[nH]n3)C(C)(C)S[C@H]12. The van der Waals surface area contributed by atoms with E-state index in [-0.39, 0.29) is 28.0 Å². The molecule has 1 aromatic heterocycles. The number of aromatic nitrogens is 4. The highest BCUT2D eigenvalue weighted by molar-refractivity contribution is 8.01. The van der Waals surface area contributed by atoms with Crippen molar-refractivity contribution in [3.05, 3.63) is 5.82 Å². The molecule has 3 atom stereocenters. The first kappa shape index (κ1) is 13.3. The molecule has 2 amide bonds. The lowest BCUT2D eigenvalue weighted by Crippen LogP contribution is -2.67. The van der Waals surface area contributed by atoms with Crippen molar-refractivity contribution < 1.29 is 9.59 Å². The lowest BCUT2D eigenvalue weighted by molar-refractivity contribution is -0.151. The van der Waals surface area contributed by atoms with Gasteiger partial charge in [-0.2, -0.15) is 5.21 Å². The second-order valence-corrected chi connectivity index (χ2v) is 7.20. The number of carbonyl (C=O) groups is 2. The van der Waals surface area contributed by atoms with Crippen molar-refractivity contribution in [2.24, 2.45) is 0 Å². The molecule has 0 aromatic carbocycles. The summed E-state index contributed by atoms with van der Waals surface area (Å²) in [5.74, 6) is 0.327. The van der Waals surface area contributed by atoms with E-state index in [4.69, 9.17) is 0 Å². The monoisotopic (exact) mass is 296 g/mol. The third-order valence-electron chi connectivity index (χ3n) is 3.68. The van der Waals surface area contributed by atoms with Crippen LogP contribution in [-0.2, 0) is 9.59 Å². The van der Waals surface area contributed by atoms with Gasteiger partial charge in [-0.3, -0.25) is 9.59 Å². The van der Waals surface area contributed by atoms with Crippen molar-refractivity contribution in [3.63, 3.8) is 0 Å². The summed E-state index contributed by atoms with van der Waals surface area (Å²) >= 11 is 1.66. The van der Waals surface area contributed by atoms with E-state index in [0.717, 1.165) is 0 Å². The molecular formula is C11H16N6O2S. The molecule has 0 spiro atoms. The molecule has 20 heavy (non-hydrogen) atoms. The summed E-state index contributed by atoms with van der Waals surface area (Å²) in [5, 5.41) is 16.7. The standard InChI is InChI=1S/C11H16N6O2S/c1-4-5(18)12-6-9(19)17-7(8-13-15-16-14-8)11(2,3)20-10(6)17/h6-7,10H,4H2,1-3H3,(H,12,18)(H,13,14,15,16)/t6?,7?,10-/m1/s1. The van der Waals surface area contributed by atoms with E-state index in [1.165, 1.54) is 0 Å². The van der Waals surface area contributed by atoms with Gasteiger partial charge in [-0.15, -0.1) is 22.0 Å². The number of fused-ring (bicyclic) bond motifs is 1. The zero-order valence-corrected chi connectivity index (χ0v) is 12.3. The van der Waals surface area contributed by atoms with Gasteiger partial charge in [0, 0.05) is 11.2 Å². The third-order valence-corrected chi connectivity index (χ3v) is 5.26. The van der Waals surface area contributed by atoms with Gasteiger partial charge in [-0.05, 0) is 13.8 Å². The lowest BCUT2D eigenvalue weighted by atomic mass is 9.95. The van der Waals surface area contributed by atoms with Crippen LogP contribution < -0.4 is 5.32 Å². The molecule has 0 radical (unpaired) electrons. The van der Waals surface area contributed by atoms with Gasteiger partial charge in [0.2, 0.25) is 11.8 Å². The Labute approximate surface area is 120 Å². The highest BCUT2D eigenvalue weighted by atomic mass is 32.2. The van der Waals surface area contributed by atoms with Gasteiger partial charge in [0.1, 0.15) is 17.5 Å². The van der Waals surface area contributed by atoms with Crippen molar-refractivity contribution >= 4 is 23.6 Å². The molecule has 2 fully saturated rings. The Morgan fingerprint density at radius 2 is 2.30 bits per heavy atom. The molecule has 3 heterocycles. The van der Waals surface area contributed by atoms with E-state index in [2.05, 4.69) is 25.9 Å². The zero-order chi connectivity index (χ0) is 14.5. The molecule has 0 saturated carbocycles. The topological polar surface area (TPSA) is 104 Å². The molecule has 8 nitrogen and oxygen atoms in total. The van der Waals surface area contributed by atoms with Crippen LogP contribution in [0.1, 0.15) is 39.1 Å². The van der Waals surface area contributed by atoms with Crippen molar-refractivity contribution in [1.29, 1.82) is 0 Å². The largest absolute Gasteiger partial charge is 0.342 e. The van der Waals surface area contributed by atoms with Crippen LogP contribution in [0, 0.1) is 0 Å². The van der Waals surface area contributed by atoms with Crippen LogP contribution in [0.5, 0.6) is 0 Å². The van der Waals surface area contributed by atoms with Crippen LogP contribution in [0.15, 0.2) is 0 Å². The summed E-state index contributed by atoms with van der Waals surface area (Å²) in [4.78, 5) is 25.5. The van der Waals surface area contributed by atoms with Crippen molar-refractivity contribution in [1.82, 2.24) is 30.8 Å². The van der Waals surface area contributed by atoms with Gasteiger partial charge >= 0.3 is 0 Å². The molecule has 108 valence electrons. The first-order valence-electron chi connectivity index (χ1n) is 6.48. The number of nitrogens with zero attached hydrogens (tertiary/aromatic N) is 4. The van der Waals surface area contributed by atoms with Crippen LogP contribution in [-0.4, -0.2) is 53.5 Å². The van der Waals surface area contributed by atoms with E-state index in [1.807, 2.05) is 13.8 Å². The molecule has 3 rings (SSSR count). The number of amides is 2. The van der Waals surface area contributed by atoms with Gasteiger partial charge < -0.3 is 10.2 Å². The maximum Gasteiger partial charge on any atom is 0.249 e. The number of H-pyrrole nitrogens is 1. The maximum absolute atomic E-state index is 12.3. The Bertz CT molecular complexity index is 545. The molecule has 2 saturated heterocycles. The van der Waals surface area contributed by atoms with E-state index >= 15 is 0 Å². The fourth-order valence-electron chi connectivity index (χ4n) is 2.73. The number of hydrogen-bond donors (Lipinski definition) is 2. The number of thioether (sulfide) groups is 1. The number of carbonyl (C=O) groups excluding carboxylic acids is 2. The molecule has 2 aliphatic rings. The molecule has 2 unspecified atom stereocenters. The summed E-state index contributed by atoms with van der Waals surface area (Å²) < 4.78 is -0.226. The molecule has 0 bridgehead atoms. The number of rotatable bonds is 3. The van der Waals surface area contributed by atoms with Crippen LogP contribution in [0.4, 0.5) is 0 Å². The van der Waals surface area contributed by atoms with Crippen LogP contribution in [0.3, 0.4) is 0 Å². The molecule has 1 aromatic rings. The Morgan fingerprint density at radius 1 is 1.55 bits per heavy atom. The molecule has 2 aliphatic heterocycles. The highest BCUT2D eigenvalue weighted by Crippen LogP contribution is 2.56. The number of nitrogens with one attached hydrogen (secondary N) is 2. The van der Waals surface area contributed by atoms with Gasteiger partial charge in [-0.1, -0.05) is 12.1 Å². The van der Waals surface area contributed by atoms with Gasteiger partial charge in [-0.25, -0.2) is 0 Å². The van der Waals surface area contributed by atoms with E-state index in [1.54, 1.807) is 23.6 Å². The lowest BCUT2D eigenvalue weighted by Gasteiger charge is -2.44. The number of β-lactam (4-membered cyclic amide) rings is 1. The van der Waals surface area contributed by atoms with Crippen LogP contribution >= 0.6 is 11.8 Å². The first-order chi connectivity index (χ1) is 9.45. The number of hydrogen-bond acceptors (Lipinski definition) is 6. The second-order valence-electron chi connectivity index (χ2n) is 5.43. The van der Waals surface area contributed by atoms with Crippen molar-refractivity contribution in [2.75, 3.05) is 0 Å². The van der Waals surface area contributed by atoms with E-state index < -0.39 is 6.04 Å². The summed E-state index contributed by atoms with van der Waals surface area (Å²) in [5.41, 5.74) is 0. The summed E-state index contributed by atoms with van der Waals surface area (Å²) in [7, 11) is 0. The quantitative estimate of drug-likeness (QED) is 0.751. The predicted molar refractivity (Wildman–Crippen MR) is 71.4 cm³/mol. The first-order valence-corrected chi connectivity index (χ1v) is 7.36. The van der Waals surface area contributed by atoms with Crippen molar-refractivity contribution in [3.8, 4) is 0 Å². The minimum atomic E-state index is -0.441. The minimum Gasteiger partial charge on any atom is -0.342 e. The molecular weight excluding hydrogens is 280 g/mol. The Kier molecular flexibility index (Phi) is 2.96. The fraction of sp³-hybridized carbons (Fsp3) is 0.727. The Morgan fingerprint density at radius 3 is 2.90 bits per heavy atom. The second kappa shape index (κ2) is 4.44. The van der Waals surface area contributed by atoms with Crippen LogP contribution in [0.2, 0.25) is 0 Å². The third kappa shape index (κ3) is 1.80. The highest BCUT2D eigenvalue weighted by Gasteiger charge is 2.63. The number of aromatic amines is 1. The van der Waals surface area contributed by atoms with Gasteiger partial charge in [0.25, 0.3) is 0 Å². The summed E-state index contributed by atoms with van der Waals surface area (Å²) in [6, 6.07) is -0.665. The molecule has 2 N–H and O–H groups in total. The maximum atomic E-state index is 12.3. The Balaban J connectivity index is 1.84. The average Bonchev–Trinajstić information content (AvgIpc) is 2.99. The van der Waals surface area contributed by atoms with E-state index in [9.17, 15) is 9.59 Å². The number of tetrazole rings is 1. The van der Waals surface area contributed by atoms with Gasteiger partial charge in [0.05, 0.1) is 0 Å². The van der Waals surface area contributed by atoms with Gasteiger partial charge in [0.15, 0.2) is 5.82 Å². The normalized spacial score (nSPS) is 30.9. The summed E-state index contributed by atoms with van der Waals surface area (Å²) in [6.07, 6.45) is 0.374. The molecule has 9 heteroatoms. The van der Waals surface area contributed by atoms with Crippen LogP contribution in [0.25, 0.3) is 0 Å². The fourth-order valence-corrected chi connectivity index (χ4v) is 4.36. The van der Waals surface area contributed by atoms with E-state index in [0.29, 0.717) is 12.2 Å². The van der Waals surface area contributed by atoms with Crippen molar-refractivity contribution in [2.45, 2.75) is 49.4 Å². The predicted octanol–water partition coefficient (Wildman–Crippen LogP) is -0.171. The smallest absolute Gasteiger partial charge is 0.249 e. The average molecular weight is 296 g/mol. The Hall–Kier alpha value is -1.64. The zero-order valence-electron chi connectivity index (χ0n) is 11.5. The minimum absolute atomic E-state index is 0.0588. The molecule has 0 aliphatic carbocycles.